The number of rotatable bonds is 2. The molecule has 0 radical (unpaired) electrons. The second-order valence-corrected chi connectivity index (χ2v) is 6.18. The van der Waals surface area contributed by atoms with Gasteiger partial charge in [0.15, 0.2) is 5.69 Å². The van der Waals surface area contributed by atoms with Crippen LogP contribution >= 0.6 is 0 Å². The Balaban J connectivity index is 2.02. The average molecular weight is 370 g/mol. The van der Waals surface area contributed by atoms with Crippen LogP contribution in [0.5, 0.6) is 0 Å². The fourth-order valence-corrected chi connectivity index (χ4v) is 2.78. The molecule has 0 spiro atoms. The highest BCUT2D eigenvalue weighted by Gasteiger charge is 2.27. The number of halogens is 2. The standard InChI is InChI=1S/C19H16F2N4O2/c1-25-7-6-10(19(25)27)2-3-11-8-12(14(21)9-13(11)20)16-5-4-15(22)17(24-16)18(23)26/h4-5,8-10H,6-7,22H2,1H3,(H2,23,26). The minimum absolute atomic E-state index is 0.0534. The molecule has 2 amide bonds. The zero-order valence-electron chi connectivity index (χ0n) is 14.4. The molecule has 1 unspecified atom stereocenters. The van der Waals surface area contributed by atoms with Gasteiger partial charge in [-0.1, -0.05) is 11.8 Å². The van der Waals surface area contributed by atoms with Gasteiger partial charge < -0.3 is 16.4 Å². The molecule has 1 saturated heterocycles. The second kappa shape index (κ2) is 7.03. The number of benzene rings is 1. The van der Waals surface area contributed by atoms with Gasteiger partial charge >= 0.3 is 0 Å². The highest BCUT2D eigenvalue weighted by atomic mass is 19.1. The molecule has 3 rings (SSSR count). The third kappa shape index (κ3) is 3.58. The van der Waals surface area contributed by atoms with Crippen LogP contribution < -0.4 is 11.5 Å². The van der Waals surface area contributed by atoms with Crippen LogP contribution in [-0.2, 0) is 4.79 Å². The third-order valence-electron chi connectivity index (χ3n) is 4.30. The quantitative estimate of drug-likeness (QED) is 0.783. The fourth-order valence-electron chi connectivity index (χ4n) is 2.78. The van der Waals surface area contributed by atoms with E-state index in [1.807, 2.05) is 0 Å². The number of likely N-dealkylation sites (tertiary alicyclic amines) is 1. The van der Waals surface area contributed by atoms with E-state index in [0.717, 1.165) is 0 Å². The van der Waals surface area contributed by atoms with E-state index in [9.17, 15) is 18.4 Å². The van der Waals surface area contributed by atoms with Gasteiger partial charge in [-0.05, 0) is 24.6 Å². The summed E-state index contributed by atoms with van der Waals surface area (Å²) in [6, 6.07) is 4.63. The van der Waals surface area contributed by atoms with Gasteiger partial charge in [-0.2, -0.15) is 0 Å². The summed E-state index contributed by atoms with van der Waals surface area (Å²) in [5.74, 6) is 2.12. The van der Waals surface area contributed by atoms with Crippen molar-refractivity contribution in [3.63, 3.8) is 0 Å². The van der Waals surface area contributed by atoms with Gasteiger partial charge in [0.25, 0.3) is 5.91 Å². The monoisotopic (exact) mass is 370 g/mol. The molecule has 6 nitrogen and oxygen atoms in total. The lowest BCUT2D eigenvalue weighted by Crippen LogP contribution is -2.21. The van der Waals surface area contributed by atoms with Crippen LogP contribution in [0.4, 0.5) is 14.5 Å². The third-order valence-corrected chi connectivity index (χ3v) is 4.30. The Bertz CT molecular complexity index is 1010. The van der Waals surface area contributed by atoms with Crippen molar-refractivity contribution in [3.8, 4) is 23.1 Å². The minimum atomic E-state index is -0.873. The van der Waals surface area contributed by atoms with E-state index >= 15 is 0 Å². The molecule has 2 aromatic rings. The Morgan fingerprint density at radius 1 is 1.30 bits per heavy atom. The Hall–Kier alpha value is -3.47. The first-order chi connectivity index (χ1) is 12.8. The van der Waals surface area contributed by atoms with Gasteiger partial charge in [0.1, 0.15) is 17.6 Å². The maximum atomic E-state index is 14.3. The number of carbonyl (C=O) groups is 2. The molecule has 0 bridgehead atoms. The normalized spacial score (nSPS) is 16.2. The van der Waals surface area contributed by atoms with Gasteiger partial charge in [-0.3, -0.25) is 9.59 Å². The van der Waals surface area contributed by atoms with E-state index in [2.05, 4.69) is 16.8 Å². The first kappa shape index (κ1) is 18.3. The van der Waals surface area contributed by atoms with Crippen molar-refractivity contribution in [3.05, 3.63) is 47.2 Å². The molecule has 1 aromatic heterocycles. The van der Waals surface area contributed by atoms with E-state index in [1.54, 1.807) is 11.9 Å². The highest BCUT2D eigenvalue weighted by molar-refractivity contribution is 5.96. The smallest absolute Gasteiger partial charge is 0.269 e. The molecule has 8 heteroatoms. The lowest BCUT2D eigenvalue weighted by Gasteiger charge is -2.08. The topological polar surface area (TPSA) is 102 Å². The lowest BCUT2D eigenvalue weighted by atomic mass is 10.0. The van der Waals surface area contributed by atoms with E-state index < -0.39 is 23.5 Å². The van der Waals surface area contributed by atoms with Crippen LogP contribution in [0.1, 0.15) is 22.5 Å². The van der Waals surface area contributed by atoms with Crippen LogP contribution in [0.3, 0.4) is 0 Å². The Labute approximate surface area is 154 Å². The van der Waals surface area contributed by atoms with E-state index in [4.69, 9.17) is 11.5 Å². The van der Waals surface area contributed by atoms with Crippen molar-refractivity contribution >= 4 is 17.5 Å². The van der Waals surface area contributed by atoms with E-state index in [0.29, 0.717) is 19.0 Å². The summed E-state index contributed by atoms with van der Waals surface area (Å²) in [6.45, 7) is 0.584. The lowest BCUT2D eigenvalue weighted by molar-refractivity contribution is -0.128. The van der Waals surface area contributed by atoms with Gasteiger partial charge in [-0.15, -0.1) is 0 Å². The van der Waals surface area contributed by atoms with Crippen LogP contribution in [0.15, 0.2) is 24.3 Å². The first-order valence-corrected chi connectivity index (χ1v) is 8.10. The molecule has 138 valence electrons. The number of nitrogen functional groups attached to an aromatic ring is 1. The number of carbonyl (C=O) groups excluding carboxylic acids is 2. The fraction of sp³-hybridized carbons (Fsp3) is 0.211. The number of hydrogen-bond acceptors (Lipinski definition) is 4. The van der Waals surface area contributed by atoms with Gasteiger partial charge in [0.2, 0.25) is 5.91 Å². The summed E-state index contributed by atoms with van der Waals surface area (Å²) in [5.41, 5.74) is 10.6. The summed E-state index contributed by atoms with van der Waals surface area (Å²) in [7, 11) is 1.67. The van der Waals surface area contributed by atoms with Gasteiger partial charge in [0.05, 0.1) is 16.9 Å². The summed E-state index contributed by atoms with van der Waals surface area (Å²) in [6.07, 6.45) is 0.555. The molecule has 1 aromatic carbocycles. The Kier molecular flexibility index (Phi) is 4.77. The minimum Gasteiger partial charge on any atom is -0.397 e. The van der Waals surface area contributed by atoms with E-state index in [1.165, 1.54) is 18.2 Å². The highest BCUT2D eigenvalue weighted by Crippen LogP contribution is 2.26. The molecule has 1 fully saturated rings. The molecule has 0 saturated carbocycles. The second-order valence-electron chi connectivity index (χ2n) is 6.18. The maximum absolute atomic E-state index is 14.3. The predicted molar refractivity (Wildman–Crippen MR) is 95.1 cm³/mol. The largest absolute Gasteiger partial charge is 0.397 e. The SMILES string of the molecule is CN1CCC(C#Cc2cc(-c3ccc(N)c(C(N)=O)n3)c(F)cc2F)C1=O. The van der Waals surface area contributed by atoms with Crippen LogP contribution in [-0.4, -0.2) is 35.3 Å². The molecule has 4 N–H and O–H groups in total. The zero-order chi connectivity index (χ0) is 19.7. The van der Waals surface area contributed by atoms with Crippen molar-refractivity contribution in [1.82, 2.24) is 9.88 Å². The number of nitrogens with zero attached hydrogens (tertiary/aromatic N) is 2. The van der Waals surface area contributed by atoms with Crippen LogP contribution in [0.25, 0.3) is 11.3 Å². The summed E-state index contributed by atoms with van der Waals surface area (Å²) < 4.78 is 28.4. The summed E-state index contributed by atoms with van der Waals surface area (Å²) in [4.78, 5) is 28.8. The Morgan fingerprint density at radius 2 is 2.04 bits per heavy atom. The van der Waals surface area contributed by atoms with Crippen molar-refractivity contribution in [1.29, 1.82) is 0 Å². The van der Waals surface area contributed by atoms with Gasteiger partial charge in [0, 0.05) is 25.2 Å². The van der Waals surface area contributed by atoms with Gasteiger partial charge in [-0.25, -0.2) is 13.8 Å². The first-order valence-electron chi connectivity index (χ1n) is 8.10. The van der Waals surface area contributed by atoms with E-state index in [-0.39, 0.29) is 34.1 Å². The average Bonchev–Trinajstić information content (AvgIpc) is 2.93. The number of aromatic nitrogens is 1. The predicted octanol–water partition coefficient (Wildman–Crippen LogP) is 1.54. The number of anilines is 1. The van der Waals surface area contributed by atoms with Crippen LogP contribution in [0, 0.1) is 29.4 Å². The number of hydrogen-bond donors (Lipinski definition) is 2. The molecule has 1 atom stereocenters. The maximum Gasteiger partial charge on any atom is 0.269 e. The molecule has 27 heavy (non-hydrogen) atoms. The number of nitrogens with two attached hydrogens (primary N) is 2. The molecule has 1 aliphatic heterocycles. The molecule has 0 aliphatic carbocycles. The zero-order valence-corrected chi connectivity index (χ0v) is 14.4. The number of primary amides is 1. The van der Waals surface area contributed by atoms with Crippen molar-refractivity contribution in [2.45, 2.75) is 6.42 Å². The summed E-state index contributed by atoms with van der Waals surface area (Å²) in [5, 5.41) is 0. The molecular formula is C19H16F2N4O2. The molecule has 1 aliphatic rings. The van der Waals surface area contributed by atoms with Crippen molar-refractivity contribution < 1.29 is 18.4 Å². The Morgan fingerprint density at radius 3 is 2.67 bits per heavy atom. The molecule has 2 heterocycles. The number of amides is 2. The summed E-state index contributed by atoms with van der Waals surface area (Å²) >= 11 is 0. The van der Waals surface area contributed by atoms with Crippen LogP contribution in [0.2, 0.25) is 0 Å². The van der Waals surface area contributed by atoms with Crippen molar-refractivity contribution in [2.24, 2.45) is 11.7 Å². The van der Waals surface area contributed by atoms with Crippen molar-refractivity contribution in [2.75, 3.05) is 19.3 Å². The molecular weight excluding hydrogens is 354 g/mol. The number of pyridine rings is 1.